The van der Waals surface area contributed by atoms with Gasteiger partial charge >= 0.3 is 0 Å². The van der Waals surface area contributed by atoms with Gasteiger partial charge in [-0.2, -0.15) is 0 Å². The lowest BCUT2D eigenvalue weighted by Crippen LogP contribution is -2.39. The van der Waals surface area contributed by atoms with Crippen molar-refractivity contribution in [3.8, 4) is 0 Å². The third kappa shape index (κ3) is 2.01. The van der Waals surface area contributed by atoms with Gasteiger partial charge in [-0.25, -0.2) is 0 Å². The zero-order chi connectivity index (χ0) is 9.35. The maximum atomic E-state index is 5.51. The van der Waals surface area contributed by atoms with E-state index in [9.17, 15) is 0 Å². The summed E-state index contributed by atoms with van der Waals surface area (Å²) in [4.78, 5) is 0. The van der Waals surface area contributed by atoms with Gasteiger partial charge in [-0.1, -0.05) is 27.7 Å². The van der Waals surface area contributed by atoms with Crippen LogP contribution in [0, 0.1) is 17.3 Å². The van der Waals surface area contributed by atoms with Crippen molar-refractivity contribution in [3.63, 3.8) is 0 Å². The molecule has 0 spiro atoms. The van der Waals surface area contributed by atoms with Crippen molar-refractivity contribution < 1.29 is 4.74 Å². The lowest BCUT2D eigenvalue weighted by Gasteiger charge is -2.42. The zero-order valence-electron chi connectivity index (χ0n) is 9.05. The molecule has 0 aromatic rings. The van der Waals surface area contributed by atoms with E-state index in [1.165, 1.54) is 12.8 Å². The molecule has 0 aliphatic heterocycles. The highest BCUT2D eigenvalue weighted by Crippen LogP contribution is 2.42. The van der Waals surface area contributed by atoms with Gasteiger partial charge in [0.15, 0.2) is 0 Å². The number of methoxy groups -OCH3 is 1. The Bertz CT molecular complexity index is 137. The molecular formula is C11H22O. The maximum absolute atomic E-state index is 5.51. The third-order valence-corrected chi connectivity index (χ3v) is 3.14. The van der Waals surface area contributed by atoms with Crippen LogP contribution in [-0.2, 0) is 4.74 Å². The molecule has 0 heterocycles. The summed E-state index contributed by atoms with van der Waals surface area (Å²) in [6, 6.07) is 0. The van der Waals surface area contributed by atoms with Gasteiger partial charge in [0, 0.05) is 7.11 Å². The smallest absolute Gasteiger partial charge is 0.0622 e. The minimum absolute atomic E-state index is 0.484. The second-order valence-corrected chi connectivity index (χ2v) is 5.23. The highest BCUT2D eigenvalue weighted by atomic mass is 16.5. The third-order valence-electron chi connectivity index (χ3n) is 3.14. The van der Waals surface area contributed by atoms with Crippen LogP contribution in [0.1, 0.15) is 40.5 Å². The van der Waals surface area contributed by atoms with Gasteiger partial charge in [0.05, 0.1) is 6.10 Å². The Morgan fingerprint density at radius 1 is 1.08 bits per heavy atom. The molecule has 1 fully saturated rings. The molecule has 0 bridgehead atoms. The molecule has 2 atom stereocenters. The van der Waals surface area contributed by atoms with Gasteiger partial charge < -0.3 is 4.74 Å². The Balaban J connectivity index is 2.63. The first-order chi connectivity index (χ1) is 5.46. The van der Waals surface area contributed by atoms with Crippen molar-refractivity contribution in [2.45, 2.75) is 46.6 Å². The summed E-state index contributed by atoms with van der Waals surface area (Å²) in [6.07, 6.45) is 3.09. The molecule has 2 unspecified atom stereocenters. The Morgan fingerprint density at radius 3 is 1.83 bits per heavy atom. The minimum Gasteiger partial charge on any atom is -0.381 e. The normalized spacial score (nSPS) is 41.2. The van der Waals surface area contributed by atoms with Crippen molar-refractivity contribution in [1.82, 2.24) is 0 Å². The van der Waals surface area contributed by atoms with E-state index < -0.39 is 0 Å². The average Bonchev–Trinajstić information content (AvgIpc) is 1.82. The second-order valence-electron chi connectivity index (χ2n) is 5.23. The fourth-order valence-corrected chi connectivity index (χ4v) is 3.08. The molecule has 72 valence electrons. The van der Waals surface area contributed by atoms with Crippen LogP contribution in [0.5, 0.6) is 0 Å². The van der Waals surface area contributed by atoms with Crippen molar-refractivity contribution in [2.75, 3.05) is 7.11 Å². The molecule has 1 heteroatoms. The predicted octanol–water partition coefficient (Wildman–Crippen LogP) is 3.09. The monoisotopic (exact) mass is 170 g/mol. The quantitative estimate of drug-likeness (QED) is 0.587. The molecule has 1 rings (SSSR count). The number of hydrogen-bond donors (Lipinski definition) is 0. The van der Waals surface area contributed by atoms with Gasteiger partial charge in [-0.05, 0) is 30.1 Å². The van der Waals surface area contributed by atoms with E-state index in [0.717, 1.165) is 0 Å². The van der Waals surface area contributed by atoms with E-state index in [0.29, 0.717) is 23.4 Å². The molecular weight excluding hydrogens is 148 g/mol. The standard InChI is InChI=1S/C11H22O/c1-8-6-11(3,4)7-9(2)10(8)12-5/h8-10H,6-7H2,1-5H3. The molecule has 0 aromatic heterocycles. The lowest BCUT2D eigenvalue weighted by atomic mass is 9.67. The van der Waals surface area contributed by atoms with Crippen LogP contribution in [0.2, 0.25) is 0 Å². The van der Waals surface area contributed by atoms with Crippen LogP contribution in [-0.4, -0.2) is 13.2 Å². The molecule has 0 aromatic carbocycles. The van der Waals surface area contributed by atoms with Gasteiger partial charge in [-0.3, -0.25) is 0 Å². The van der Waals surface area contributed by atoms with Crippen LogP contribution in [0.4, 0.5) is 0 Å². The first kappa shape index (κ1) is 10.0. The van der Waals surface area contributed by atoms with E-state index in [1.807, 2.05) is 7.11 Å². The molecule has 0 N–H and O–H groups in total. The van der Waals surface area contributed by atoms with Crippen molar-refractivity contribution >= 4 is 0 Å². The minimum atomic E-state index is 0.484. The summed E-state index contributed by atoms with van der Waals surface area (Å²) in [5, 5.41) is 0. The van der Waals surface area contributed by atoms with E-state index in [4.69, 9.17) is 4.74 Å². The summed E-state index contributed by atoms with van der Waals surface area (Å²) < 4.78 is 5.51. The van der Waals surface area contributed by atoms with E-state index >= 15 is 0 Å². The zero-order valence-corrected chi connectivity index (χ0v) is 9.05. The van der Waals surface area contributed by atoms with Gasteiger partial charge in [0.2, 0.25) is 0 Å². The largest absolute Gasteiger partial charge is 0.381 e. The lowest BCUT2D eigenvalue weighted by molar-refractivity contribution is -0.0430. The molecule has 0 saturated heterocycles. The Hall–Kier alpha value is -0.0400. The Kier molecular flexibility index (Phi) is 2.82. The predicted molar refractivity (Wildman–Crippen MR) is 52.1 cm³/mol. The fraction of sp³-hybridized carbons (Fsp3) is 1.00. The summed E-state index contributed by atoms with van der Waals surface area (Å²) >= 11 is 0. The van der Waals surface area contributed by atoms with Crippen LogP contribution in [0.3, 0.4) is 0 Å². The van der Waals surface area contributed by atoms with Crippen molar-refractivity contribution in [2.24, 2.45) is 17.3 Å². The number of rotatable bonds is 1. The molecule has 1 saturated carbocycles. The average molecular weight is 170 g/mol. The van der Waals surface area contributed by atoms with E-state index in [-0.39, 0.29) is 0 Å². The van der Waals surface area contributed by atoms with Crippen LogP contribution < -0.4 is 0 Å². The first-order valence-electron chi connectivity index (χ1n) is 4.99. The second kappa shape index (κ2) is 3.37. The molecule has 0 amide bonds. The van der Waals surface area contributed by atoms with Crippen LogP contribution in [0.25, 0.3) is 0 Å². The maximum Gasteiger partial charge on any atom is 0.0622 e. The Labute approximate surface area is 76.5 Å². The first-order valence-corrected chi connectivity index (χ1v) is 4.99. The summed E-state index contributed by atoms with van der Waals surface area (Å²) in [5.74, 6) is 1.43. The van der Waals surface area contributed by atoms with Crippen LogP contribution in [0.15, 0.2) is 0 Å². The number of hydrogen-bond acceptors (Lipinski definition) is 1. The van der Waals surface area contributed by atoms with Crippen molar-refractivity contribution in [1.29, 1.82) is 0 Å². The topological polar surface area (TPSA) is 9.23 Å². The number of ether oxygens (including phenoxy) is 1. The van der Waals surface area contributed by atoms with E-state index in [2.05, 4.69) is 27.7 Å². The fourth-order valence-electron chi connectivity index (χ4n) is 3.08. The highest BCUT2D eigenvalue weighted by molar-refractivity contribution is 4.87. The molecule has 0 radical (unpaired) electrons. The van der Waals surface area contributed by atoms with Crippen LogP contribution >= 0.6 is 0 Å². The molecule has 12 heavy (non-hydrogen) atoms. The van der Waals surface area contributed by atoms with Crippen molar-refractivity contribution in [3.05, 3.63) is 0 Å². The highest BCUT2D eigenvalue weighted by Gasteiger charge is 2.37. The molecule has 1 aliphatic rings. The summed E-state index contributed by atoms with van der Waals surface area (Å²) in [7, 11) is 1.84. The summed E-state index contributed by atoms with van der Waals surface area (Å²) in [6.45, 7) is 9.36. The SMILES string of the molecule is COC1C(C)CC(C)(C)CC1C. The Morgan fingerprint density at radius 2 is 1.50 bits per heavy atom. The molecule has 1 nitrogen and oxygen atoms in total. The van der Waals surface area contributed by atoms with Gasteiger partial charge in [0.25, 0.3) is 0 Å². The molecule has 1 aliphatic carbocycles. The van der Waals surface area contributed by atoms with E-state index in [1.54, 1.807) is 0 Å². The van der Waals surface area contributed by atoms with Gasteiger partial charge in [0.1, 0.15) is 0 Å². The summed E-state index contributed by atoms with van der Waals surface area (Å²) in [5.41, 5.74) is 0.522. The van der Waals surface area contributed by atoms with Gasteiger partial charge in [-0.15, -0.1) is 0 Å².